The minimum Gasteiger partial charge on any atom is -0.460 e. The molecular weight excluding hydrogens is 975 g/mol. The van der Waals surface area contributed by atoms with Gasteiger partial charge in [0, 0.05) is 35.9 Å². The molecule has 20 heteroatoms. The van der Waals surface area contributed by atoms with Gasteiger partial charge in [0.2, 0.25) is 0 Å². The third kappa shape index (κ3) is 13.6. The van der Waals surface area contributed by atoms with Crippen molar-refractivity contribution in [2.75, 3.05) is 60.8 Å². The Labute approximate surface area is 425 Å². The first-order valence-electron chi connectivity index (χ1n) is 24.5. The van der Waals surface area contributed by atoms with Gasteiger partial charge in [0.1, 0.15) is 13.2 Å². The lowest BCUT2D eigenvalue weighted by Crippen LogP contribution is -2.51. The topological polar surface area (TPSA) is 192 Å². The predicted octanol–water partition coefficient (Wildman–Crippen LogP) is 11.1. The van der Waals surface area contributed by atoms with Crippen molar-refractivity contribution in [3.8, 4) is 0 Å². The van der Waals surface area contributed by atoms with E-state index in [9.17, 15) is 55.7 Å². The summed E-state index contributed by atoms with van der Waals surface area (Å²) < 4.78 is 93.9. The molecule has 0 bridgehead atoms. The largest absolute Gasteiger partial charge is 0.460 e. The number of unbranched alkanes of at least 4 members (excludes halogenated alkanes) is 9. The molecular formula is C54H62F6N6O8. The fraction of sp³-hybridized carbons (Fsp3) is 0.407. The number of nitrogens with zero attached hydrogens (tertiary/aromatic N) is 4. The number of hydrogen-bond acceptors (Lipinski definition) is 10. The zero-order valence-electron chi connectivity index (χ0n) is 41.3. The van der Waals surface area contributed by atoms with E-state index in [4.69, 9.17) is 20.9 Å². The van der Waals surface area contributed by atoms with Crippen LogP contribution in [0.3, 0.4) is 0 Å². The van der Waals surface area contributed by atoms with Crippen molar-refractivity contribution < 1.29 is 65.2 Å². The summed E-state index contributed by atoms with van der Waals surface area (Å²) in [6.45, 7) is 1.61. The summed E-state index contributed by atoms with van der Waals surface area (Å²) in [5.41, 5.74) is 12.0. The van der Waals surface area contributed by atoms with Crippen molar-refractivity contribution in [1.29, 1.82) is 0 Å². The monoisotopic (exact) mass is 1040 g/mol. The van der Waals surface area contributed by atoms with Crippen LogP contribution >= 0.6 is 0 Å². The predicted molar refractivity (Wildman–Crippen MR) is 267 cm³/mol. The number of nitrogen functional groups attached to an aromatic ring is 2. The standard InChI is InChI=1S/C54H62F6N6O8/c1-35-45(49(69)73-31-29-67)47(37-19-23-41(61)24-20-37)63(51(71)65(35)43-17-13-15-39(33-43)53(55,56)57)27-11-9-7-5-3-4-6-8-10-12-28-64-48(38-21-25-42(62)26-22-38)46(50(70)74-32-30-68)36(2)66(52(64)72)44-18-14-16-40(34-44)54(58,59)60/h13-26,33-34,47-48,67-68H,3-12,27-32,61-62H2,1-2H3. The number of allylic oxidation sites excluding steroid dienone is 2. The van der Waals surface area contributed by atoms with Crippen LogP contribution in [-0.2, 0) is 31.4 Å². The number of carbonyl (C=O) groups excluding carboxylic acids is 4. The molecule has 6 N–H and O–H groups in total. The molecule has 0 aromatic heterocycles. The molecule has 0 aliphatic carbocycles. The molecule has 4 amide bonds. The summed E-state index contributed by atoms with van der Waals surface area (Å²) in [5.74, 6) is -1.68. The highest BCUT2D eigenvalue weighted by Crippen LogP contribution is 2.44. The van der Waals surface area contributed by atoms with Crippen LogP contribution in [0.5, 0.6) is 0 Å². The Morgan fingerprint density at radius 3 is 1.16 bits per heavy atom. The van der Waals surface area contributed by atoms with Gasteiger partial charge in [-0.25, -0.2) is 19.2 Å². The minimum absolute atomic E-state index is 0.0251. The summed E-state index contributed by atoms with van der Waals surface area (Å²) in [5, 5.41) is 18.9. The smallest absolute Gasteiger partial charge is 0.416 e. The summed E-state index contributed by atoms with van der Waals surface area (Å²) in [7, 11) is 0. The number of esters is 2. The number of aliphatic hydroxyl groups excluding tert-OH is 2. The molecule has 14 nitrogen and oxygen atoms in total. The average molecular weight is 1040 g/mol. The quantitative estimate of drug-likeness (QED) is 0.0240. The third-order valence-corrected chi connectivity index (χ3v) is 13.0. The van der Waals surface area contributed by atoms with E-state index in [-0.39, 0.29) is 60.2 Å². The number of halogens is 6. The Bertz CT molecular complexity index is 2480. The molecule has 398 valence electrons. The molecule has 0 fully saturated rings. The third-order valence-electron chi connectivity index (χ3n) is 13.0. The maximum Gasteiger partial charge on any atom is 0.416 e. The van der Waals surface area contributed by atoms with Crippen molar-refractivity contribution in [3.05, 3.63) is 142 Å². The number of benzene rings is 4. The number of amides is 4. The molecule has 2 aliphatic heterocycles. The molecule has 0 saturated carbocycles. The number of alkyl halides is 6. The van der Waals surface area contributed by atoms with E-state index in [1.165, 1.54) is 47.9 Å². The molecule has 0 spiro atoms. The van der Waals surface area contributed by atoms with E-state index in [1.807, 2.05) is 0 Å². The van der Waals surface area contributed by atoms with Crippen LogP contribution < -0.4 is 21.3 Å². The number of ether oxygens (including phenoxy) is 2. The Morgan fingerprint density at radius 1 is 0.527 bits per heavy atom. The molecule has 2 atom stereocenters. The van der Waals surface area contributed by atoms with Gasteiger partial charge >= 0.3 is 36.4 Å². The van der Waals surface area contributed by atoms with Crippen LogP contribution in [0.4, 0.5) is 58.7 Å². The van der Waals surface area contributed by atoms with Crippen LogP contribution in [0.1, 0.15) is 112 Å². The fourth-order valence-electron chi connectivity index (χ4n) is 9.39. The van der Waals surface area contributed by atoms with E-state index in [2.05, 4.69) is 0 Å². The molecule has 0 radical (unpaired) electrons. The minimum atomic E-state index is -4.70. The van der Waals surface area contributed by atoms with Crippen LogP contribution in [0.25, 0.3) is 0 Å². The lowest BCUT2D eigenvalue weighted by atomic mass is 9.92. The highest BCUT2D eigenvalue weighted by molar-refractivity contribution is 6.04. The normalized spacial score (nSPS) is 16.6. The van der Waals surface area contributed by atoms with E-state index < -0.39 is 72.8 Å². The number of anilines is 4. The Balaban J connectivity index is 1.08. The summed E-state index contributed by atoms with van der Waals surface area (Å²) in [4.78, 5) is 61.5. The molecule has 4 aromatic rings. The zero-order chi connectivity index (χ0) is 53.7. The maximum absolute atomic E-state index is 14.5. The van der Waals surface area contributed by atoms with Gasteiger partial charge in [-0.3, -0.25) is 9.80 Å². The zero-order valence-corrected chi connectivity index (χ0v) is 41.3. The van der Waals surface area contributed by atoms with Gasteiger partial charge in [-0.2, -0.15) is 26.3 Å². The Hall–Kier alpha value is -7.06. The maximum atomic E-state index is 14.5. The first-order chi connectivity index (χ1) is 35.3. The van der Waals surface area contributed by atoms with Gasteiger partial charge in [-0.15, -0.1) is 0 Å². The summed E-state index contributed by atoms with van der Waals surface area (Å²) in [6, 6.07) is 18.5. The lowest BCUT2D eigenvalue weighted by molar-refractivity contribution is -0.141. The SMILES string of the molecule is CC1=C(C(=O)OCCO)C(c2ccc(N)cc2)N(CCCCCCCCCCCCN2C(=O)N(c3cccc(C(F)(F)F)c3)C(C)=C(C(=O)OCCO)C2c2ccc(N)cc2)C(=O)N1c1cccc(C(F)(F)F)c1. The molecule has 2 unspecified atom stereocenters. The molecule has 4 aromatic carbocycles. The van der Waals surface area contributed by atoms with Crippen LogP contribution in [0.2, 0.25) is 0 Å². The fourth-order valence-corrected chi connectivity index (χ4v) is 9.39. The Kier molecular flexibility index (Phi) is 19.2. The van der Waals surface area contributed by atoms with E-state index in [0.29, 0.717) is 48.2 Å². The number of carbonyl (C=O) groups is 4. The Morgan fingerprint density at radius 2 is 0.851 bits per heavy atom. The molecule has 2 aliphatic rings. The van der Waals surface area contributed by atoms with Crippen molar-refractivity contribution in [1.82, 2.24) is 9.80 Å². The number of nitrogens with two attached hydrogens (primary N) is 2. The van der Waals surface area contributed by atoms with Crippen molar-refractivity contribution >= 4 is 46.8 Å². The lowest BCUT2D eigenvalue weighted by Gasteiger charge is -2.43. The number of aliphatic hydroxyl groups is 2. The molecule has 74 heavy (non-hydrogen) atoms. The van der Waals surface area contributed by atoms with Gasteiger partial charge < -0.3 is 41.0 Å². The van der Waals surface area contributed by atoms with Crippen LogP contribution in [-0.4, -0.2) is 83.5 Å². The van der Waals surface area contributed by atoms with Gasteiger partial charge in [-0.1, -0.05) is 87.8 Å². The molecule has 0 saturated heterocycles. The van der Waals surface area contributed by atoms with Gasteiger partial charge in [-0.05, 0) is 98.5 Å². The van der Waals surface area contributed by atoms with Crippen molar-refractivity contribution in [2.45, 2.75) is 102 Å². The first-order valence-corrected chi connectivity index (χ1v) is 24.5. The second-order valence-corrected chi connectivity index (χ2v) is 18.1. The van der Waals surface area contributed by atoms with Crippen molar-refractivity contribution in [3.63, 3.8) is 0 Å². The summed E-state index contributed by atoms with van der Waals surface area (Å²) >= 11 is 0. The van der Waals surface area contributed by atoms with E-state index in [0.717, 1.165) is 72.6 Å². The van der Waals surface area contributed by atoms with Crippen LogP contribution in [0, 0.1) is 0 Å². The number of hydrogen-bond donors (Lipinski definition) is 4. The van der Waals surface area contributed by atoms with Crippen LogP contribution in [0.15, 0.2) is 120 Å². The first kappa shape index (κ1) is 56.2. The number of rotatable bonds is 23. The molecule has 6 rings (SSSR count). The van der Waals surface area contributed by atoms with E-state index in [1.54, 1.807) is 48.5 Å². The summed E-state index contributed by atoms with van der Waals surface area (Å²) in [6.07, 6.45) is -1.91. The number of urea groups is 2. The highest BCUT2D eigenvalue weighted by atomic mass is 19.4. The average Bonchev–Trinajstić information content (AvgIpc) is 3.36. The molecule has 2 heterocycles. The van der Waals surface area contributed by atoms with Gasteiger partial charge in [0.05, 0.1) is 58.9 Å². The van der Waals surface area contributed by atoms with E-state index >= 15 is 0 Å². The second kappa shape index (κ2) is 25.3. The second-order valence-electron chi connectivity index (χ2n) is 18.1. The highest BCUT2D eigenvalue weighted by Gasteiger charge is 2.45. The van der Waals surface area contributed by atoms with Gasteiger partial charge in [0.25, 0.3) is 0 Å². The van der Waals surface area contributed by atoms with Crippen molar-refractivity contribution in [2.24, 2.45) is 0 Å². The van der Waals surface area contributed by atoms with Gasteiger partial charge in [0.15, 0.2) is 0 Å².